The van der Waals surface area contributed by atoms with Crippen LogP contribution < -0.4 is 0 Å². The van der Waals surface area contributed by atoms with E-state index >= 15 is 0 Å². The molecule has 0 bridgehead atoms. The SMILES string of the molecule is CCCCCC/C=C/CCCCCCCC(=O)O[C@H](COC(=O)CCC/C=C/CCCCCCCCCCCCCCCCCCCC)COP(=O)(O)O. The van der Waals surface area contributed by atoms with E-state index in [0.29, 0.717) is 12.8 Å². The number of phosphoric acid groups is 1. The molecule has 0 saturated heterocycles. The van der Waals surface area contributed by atoms with Gasteiger partial charge < -0.3 is 19.3 Å². The second-order valence-electron chi connectivity index (χ2n) is 15.4. The van der Waals surface area contributed by atoms with Gasteiger partial charge in [0.1, 0.15) is 6.61 Å². The minimum atomic E-state index is -4.76. The molecule has 54 heavy (non-hydrogen) atoms. The topological polar surface area (TPSA) is 119 Å². The summed E-state index contributed by atoms with van der Waals surface area (Å²) in [5, 5.41) is 0. The second-order valence-corrected chi connectivity index (χ2v) is 16.6. The van der Waals surface area contributed by atoms with Crippen LogP contribution in [-0.2, 0) is 28.2 Å². The average Bonchev–Trinajstić information content (AvgIpc) is 3.14. The van der Waals surface area contributed by atoms with Crippen molar-refractivity contribution in [3.63, 3.8) is 0 Å². The lowest BCUT2D eigenvalue weighted by Gasteiger charge is -2.18. The molecule has 318 valence electrons. The number of esters is 2. The summed E-state index contributed by atoms with van der Waals surface area (Å²) in [6, 6.07) is 0. The lowest BCUT2D eigenvalue weighted by molar-refractivity contribution is -0.161. The van der Waals surface area contributed by atoms with Crippen molar-refractivity contribution in [3.8, 4) is 0 Å². The molecule has 0 aromatic carbocycles. The Bertz CT molecular complexity index is 931. The fourth-order valence-corrected chi connectivity index (χ4v) is 6.91. The van der Waals surface area contributed by atoms with Crippen LogP contribution in [-0.4, -0.2) is 41.0 Å². The van der Waals surface area contributed by atoms with Gasteiger partial charge in [-0.2, -0.15) is 0 Å². The minimum absolute atomic E-state index is 0.198. The quantitative estimate of drug-likeness (QED) is 0.0272. The summed E-state index contributed by atoms with van der Waals surface area (Å²) in [6.07, 6.45) is 47.8. The molecule has 0 aliphatic heterocycles. The van der Waals surface area contributed by atoms with Gasteiger partial charge in [0.25, 0.3) is 0 Å². The van der Waals surface area contributed by atoms with Gasteiger partial charge in [0.2, 0.25) is 0 Å². The largest absolute Gasteiger partial charge is 0.469 e. The first-order valence-electron chi connectivity index (χ1n) is 22.6. The van der Waals surface area contributed by atoms with E-state index < -0.39 is 32.5 Å². The first-order chi connectivity index (χ1) is 26.3. The Balaban J connectivity index is 3.84. The fourth-order valence-electron chi connectivity index (χ4n) is 6.55. The van der Waals surface area contributed by atoms with Crippen molar-refractivity contribution < 1.29 is 37.9 Å². The third-order valence-electron chi connectivity index (χ3n) is 9.94. The molecule has 0 fully saturated rings. The predicted molar refractivity (Wildman–Crippen MR) is 225 cm³/mol. The molecule has 2 N–H and O–H groups in total. The van der Waals surface area contributed by atoms with Crippen LogP contribution in [0.3, 0.4) is 0 Å². The number of carbonyl (C=O) groups excluding carboxylic acids is 2. The molecule has 0 amide bonds. The number of allylic oxidation sites excluding steroid dienone is 4. The van der Waals surface area contributed by atoms with E-state index in [1.807, 2.05) is 0 Å². The van der Waals surface area contributed by atoms with Crippen LogP contribution in [0, 0.1) is 0 Å². The summed E-state index contributed by atoms with van der Waals surface area (Å²) < 4.78 is 26.4. The van der Waals surface area contributed by atoms with Gasteiger partial charge in [-0.1, -0.05) is 186 Å². The normalized spacial score (nSPS) is 12.6. The van der Waals surface area contributed by atoms with Gasteiger partial charge >= 0.3 is 19.8 Å². The first kappa shape index (κ1) is 52.5. The van der Waals surface area contributed by atoms with E-state index in [1.165, 1.54) is 148 Å². The highest BCUT2D eigenvalue weighted by atomic mass is 31.2. The zero-order chi connectivity index (χ0) is 39.6. The highest BCUT2D eigenvalue weighted by Gasteiger charge is 2.22. The molecule has 9 heteroatoms. The predicted octanol–water partition coefficient (Wildman–Crippen LogP) is 14.0. The third kappa shape index (κ3) is 43.3. The molecule has 0 aliphatic rings. The number of ether oxygens (including phenoxy) is 2. The molecule has 0 spiro atoms. The molecule has 0 saturated carbocycles. The Morgan fingerprint density at radius 2 is 0.796 bits per heavy atom. The van der Waals surface area contributed by atoms with E-state index in [9.17, 15) is 14.2 Å². The molecule has 0 radical (unpaired) electrons. The fraction of sp³-hybridized carbons (Fsp3) is 0.867. The van der Waals surface area contributed by atoms with Crippen LogP contribution in [0.15, 0.2) is 24.3 Å². The maximum absolute atomic E-state index is 12.4. The van der Waals surface area contributed by atoms with Crippen LogP contribution in [0.2, 0.25) is 0 Å². The number of carbonyl (C=O) groups is 2. The zero-order valence-electron chi connectivity index (χ0n) is 35.1. The van der Waals surface area contributed by atoms with Crippen molar-refractivity contribution >= 4 is 19.8 Å². The van der Waals surface area contributed by atoms with Crippen LogP contribution >= 0.6 is 7.82 Å². The van der Waals surface area contributed by atoms with Crippen molar-refractivity contribution in [2.24, 2.45) is 0 Å². The summed E-state index contributed by atoms with van der Waals surface area (Å²) in [6.45, 7) is 3.66. The third-order valence-corrected chi connectivity index (χ3v) is 10.4. The monoisotopic (exact) mass is 785 g/mol. The van der Waals surface area contributed by atoms with Crippen molar-refractivity contribution in [2.45, 2.75) is 238 Å². The molecular formula is C45H85O8P. The number of rotatable bonds is 42. The molecule has 0 aromatic heterocycles. The van der Waals surface area contributed by atoms with Crippen LogP contribution in [0.25, 0.3) is 0 Å². The summed E-state index contributed by atoms with van der Waals surface area (Å²) in [4.78, 5) is 42.8. The Hall–Kier alpha value is -1.47. The maximum atomic E-state index is 12.4. The van der Waals surface area contributed by atoms with Gasteiger partial charge in [0, 0.05) is 12.8 Å². The van der Waals surface area contributed by atoms with Crippen molar-refractivity contribution in [3.05, 3.63) is 24.3 Å². The van der Waals surface area contributed by atoms with Crippen LogP contribution in [0.5, 0.6) is 0 Å². The standard InChI is InChI=1S/C45H85O8P/c1-3-5-7-9-11-13-15-17-18-19-20-21-22-23-24-25-26-28-29-31-33-35-37-39-44(46)51-41-43(42-52-54(48,49)50)53-45(47)40-38-36-34-32-30-27-16-14-12-10-8-6-4-2/h14,16,31,33,43H,3-13,15,17-30,32,34-42H2,1-2H3,(H2,48,49,50)/b16-14+,33-31+/t43-/m1/s1. The molecular weight excluding hydrogens is 699 g/mol. The average molecular weight is 785 g/mol. The Kier molecular flexibility index (Phi) is 40.1. The van der Waals surface area contributed by atoms with Crippen LogP contribution in [0.4, 0.5) is 0 Å². The van der Waals surface area contributed by atoms with E-state index in [0.717, 1.165) is 44.9 Å². The van der Waals surface area contributed by atoms with Crippen molar-refractivity contribution in [2.75, 3.05) is 13.2 Å². The second kappa shape index (κ2) is 41.2. The molecule has 0 aromatic rings. The number of unbranched alkanes of at least 4 members (excludes halogenated alkanes) is 28. The lowest BCUT2D eigenvalue weighted by atomic mass is 10.0. The molecule has 1 atom stereocenters. The van der Waals surface area contributed by atoms with Crippen molar-refractivity contribution in [1.29, 1.82) is 0 Å². The Labute approximate surface area is 332 Å². The number of phosphoric ester groups is 1. The Morgan fingerprint density at radius 1 is 0.463 bits per heavy atom. The number of hydrogen-bond acceptors (Lipinski definition) is 6. The summed E-state index contributed by atoms with van der Waals surface area (Å²) in [5.41, 5.74) is 0. The van der Waals surface area contributed by atoms with E-state index in [4.69, 9.17) is 19.3 Å². The molecule has 0 heterocycles. The minimum Gasteiger partial charge on any atom is -0.462 e. The van der Waals surface area contributed by atoms with E-state index in [-0.39, 0.29) is 19.4 Å². The summed E-state index contributed by atoms with van der Waals surface area (Å²) >= 11 is 0. The first-order valence-corrected chi connectivity index (χ1v) is 24.2. The highest BCUT2D eigenvalue weighted by Crippen LogP contribution is 2.36. The van der Waals surface area contributed by atoms with Gasteiger partial charge in [-0.15, -0.1) is 0 Å². The van der Waals surface area contributed by atoms with Gasteiger partial charge in [-0.25, -0.2) is 4.57 Å². The molecule has 8 nitrogen and oxygen atoms in total. The van der Waals surface area contributed by atoms with Crippen molar-refractivity contribution in [1.82, 2.24) is 0 Å². The van der Waals surface area contributed by atoms with Gasteiger partial charge in [0.05, 0.1) is 6.61 Å². The summed E-state index contributed by atoms with van der Waals surface area (Å²) in [5.74, 6) is -0.924. The summed E-state index contributed by atoms with van der Waals surface area (Å²) in [7, 11) is -4.76. The molecule has 0 unspecified atom stereocenters. The van der Waals surface area contributed by atoms with Gasteiger partial charge in [-0.05, 0) is 57.8 Å². The maximum Gasteiger partial charge on any atom is 0.469 e. The molecule has 0 rings (SSSR count). The molecule has 0 aliphatic carbocycles. The Morgan fingerprint density at radius 3 is 1.20 bits per heavy atom. The highest BCUT2D eigenvalue weighted by molar-refractivity contribution is 7.46. The number of hydrogen-bond donors (Lipinski definition) is 2. The van der Waals surface area contributed by atoms with Gasteiger partial charge in [-0.3, -0.25) is 14.1 Å². The lowest BCUT2D eigenvalue weighted by Crippen LogP contribution is -2.29. The zero-order valence-corrected chi connectivity index (χ0v) is 36.0. The van der Waals surface area contributed by atoms with Crippen LogP contribution in [0.1, 0.15) is 232 Å². The van der Waals surface area contributed by atoms with Gasteiger partial charge in [0.15, 0.2) is 6.10 Å². The smallest absolute Gasteiger partial charge is 0.462 e. The van der Waals surface area contributed by atoms with E-state index in [1.54, 1.807) is 0 Å². The van der Waals surface area contributed by atoms with E-state index in [2.05, 4.69) is 42.7 Å².